The molecule has 1 unspecified atom stereocenters. The molecule has 0 bridgehead atoms. The van der Waals surface area contributed by atoms with E-state index >= 15 is 0 Å². The quantitative estimate of drug-likeness (QED) is 0.849. The van der Waals surface area contributed by atoms with E-state index in [1.165, 1.54) is 12.8 Å². The van der Waals surface area contributed by atoms with E-state index < -0.39 is 6.04 Å². The number of benzene rings is 2. The fraction of sp³-hybridized carbons (Fsp3) is 0.316. The van der Waals surface area contributed by atoms with E-state index in [9.17, 15) is 4.79 Å². The molecule has 4 nitrogen and oxygen atoms in total. The van der Waals surface area contributed by atoms with Gasteiger partial charge in [0.05, 0.1) is 11.1 Å². The van der Waals surface area contributed by atoms with Crippen molar-refractivity contribution < 1.29 is 9.53 Å². The van der Waals surface area contributed by atoms with E-state index in [0.717, 1.165) is 18.4 Å². The van der Waals surface area contributed by atoms with Gasteiger partial charge >= 0.3 is 0 Å². The van der Waals surface area contributed by atoms with Crippen LogP contribution < -0.4 is 15.8 Å². The lowest BCUT2D eigenvalue weighted by atomic mass is 10.1. The van der Waals surface area contributed by atoms with Gasteiger partial charge in [-0.3, -0.25) is 4.79 Å². The summed E-state index contributed by atoms with van der Waals surface area (Å²) in [5.41, 5.74) is 7.37. The Labute approximate surface area is 147 Å². The molecule has 2 aromatic rings. The molecule has 0 radical (unpaired) electrons. The van der Waals surface area contributed by atoms with Gasteiger partial charge in [-0.1, -0.05) is 41.9 Å². The highest BCUT2D eigenvalue weighted by molar-refractivity contribution is 6.32. The van der Waals surface area contributed by atoms with Gasteiger partial charge in [-0.25, -0.2) is 0 Å². The molecule has 1 amide bonds. The molecule has 2 aromatic carbocycles. The summed E-state index contributed by atoms with van der Waals surface area (Å²) in [5, 5.41) is 3.29. The molecule has 1 aliphatic carbocycles. The summed E-state index contributed by atoms with van der Waals surface area (Å²) in [6.07, 6.45) is 4.79. The largest absolute Gasteiger partial charge is 0.489 e. The number of nitrogens with two attached hydrogens (primary N) is 1. The summed E-state index contributed by atoms with van der Waals surface area (Å²) >= 11 is 6.28. The van der Waals surface area contributed by atoms with Crippen LogP contribution in [-0.2, 0) is 4.79 Å². The van der Waals surface area contributed by atoms with Crippen LogP contribution in [0.3, 0.4) is 0 Å². The highest BCUT2D eigenvalue weighted by Gasteiger charge is 2.19. The highest BCUT2D eigenvalue weighted by atomic mass is 35.5. The number of carbonyl (C=O) groups is 1. The number of hydrogen-bond donors (Lipinski definition) is 2. The second-order valence-electron chi connectivity index (χ2n) is 6.05. The molecule has 1 fully saturated rings. The van der Waals surface area contributed by atoms with E-state index in [1.807, 2.05) is 30.3 Å². The number of hydrogen-bond acceptors (Lipinski definition) is 3. The standard InChI is InChI=1S/C19H21ClN2O2/c20-16-12-14(10-11-17(16)24-15-8-4-5-9-15)22-19(23)18(21)13-6-2-1-3-7-13/h1-3,6-7,10-12,15,18H,4-5,8-9,21H2,(H,22,23). The molecule has 3 rings (SSSR count). The van der Waals surface area contributed by atoms with Crippen LogP contribution in [0.1, 0.15) is 37.3 Å². The Morgan fingerprint density at radius 1 is 1.17 bits per heavy atom. The lowest BCUT2D eigenvalue weighted by Gasteiger charge is -2.16. The maximum atomic E-state index is 12.3. The average molecular weight is 345 g/mol. The maximum absolute atomic E-state index is 12.3. The highest BCUT2D eigenvalue weighted by Crippen LogP contribution is 2.32. The Balaban J connectivity index is 1.64. The fourth-order valence-corrected chi connectivity index (χ4v) is 3.12. The number of halogens is 1. The zero-order valence-electron chi connectivity index (χ0n) is 13.4. The van der Waals surface area contributed by atoms with Gasteiger partial charge in [-0.2, -0.15) is 0 Å². The Hall–Kier alpha value is -2.04. The minimum Gasteiger partial charge on any atom is -0.489 e. The lowest BCUT2D eigenvalue weighted by molar-refractivity contribution is -0.117. The number of ether oxygens (including phenoxy) is 1. The molecular formula is C19H21ClN2O2. The Morgan fingerprint density at radius 2 is 1.88 bits per heavy atom. The lowest BCUT2D eigenvalue weighted by Crippen LogP contribution is -2.27. The normalized spacial score (nSPS) is 15.9. The molecule has 1 aliphatic rings. The molecular weight excluding hydrogens is 324 g/mol. The number of anilines is 1. The number of amides is 1. The minimum atomic E-state index is -0.723. The van der Waals surface area contributed by atoms with Gasteiger partial charge in [0.1, 0.15) is 11.8 Å². The molecule has 1 saturated carbocycles. The van der Waals surface area contributed by atoms with Crippen molar-refractivity contribution in [1.29, 1.82) is 0 Å². The summed E-state index contributed by atoms with van der Waals surface area (Å²) in [7, 11) is 0. The van der Waals surface area contributed by atoms with Crippen LogP contribution in [0.15, 0.2) is 48.5 Å². The van der Waals surface area contributed by atoms with Gasteiger partial charge in [0, 0.05) is 5.69 Å². The molecule has 0 aromatic heterocycles. The number of nitrogens with one attached hydrogen (secondary N) is 1. The van der Waals surface area contributed by atoms with Crippen LogP contribution in [-0.4, -0.2) is 12.0 Å². The molecule has 126 valence electrons. The Morgan fingerprint density at radius 3 is 2.54 bits per heavy atom. The number of carbonyl (C=O) groups excluding carboxylic acids is 1. The summed E-state index contributed by atoms with van der Waals surface area (Å²) in [6.45, 7) is 0. The van der Waals surface area contributed by atoms with Gasteiger partial charge in [0.25, 0.3) is 0 Å². The van der Waals surface area contributed by atoms with Crippen LogP contribution >= 0.6 is 11.6 Å². The SMILES string of the molecule is NC(C(=O)Nc1ccc(OC2CCCC2)c(Cl)c1)c1ccccc1. The molecule has 0 spiro atoms. The zero-order chi connectivity index (χ0) is 16.9. The Bertz CT molecular complexity index is 700. The minimum absolute atomic E-state index is 0.245. The first-order valence-electron chi connectivity index (χ1n) is 8.21. The Kier molecular flexibility index (Phi) is 5.38. The van der Waals surface area contributed by atoms with Gasteiger partial charge < -0.3 is 15.8 Å². The third-order valence-corrected chi connectivity index (χ3v) is 4.53. The molecule has 1 atom stereocenters. The molecule has 0 aliphatic heterocycles. The van der Waals surface area contributed by atoms with E-state index in [0.29, 0.717) is 16.5 Å². The van der Waals surface area contributed by atoms with Crippen LogP contribution in [0, 0.1) is 0 Å². The average Bonchev–Trinajstić information content (AvgIpc) is 3.10. The fourth-order valence-electron chi connectivity index (χ4n) is 2.89. The predicted molar refractivity (Wildman–Crippen MR) is 96.3 cm³/mol. The van der Waals surface area contributed by atoms with Crippen molar-refractivity contribution in [3.8, 4) is 5.75 Å². The second kappa shape index (κ2) is 7.69. The maximum Gasteiger partial charge on any atom is 0.245 e. The first-order valence-corrected chi connectivity index (χ1v) is 8.59. The van der Waals surface area contributed by atoms with Crippen molar-refractivity contribution >= 4 is 23.2 Å². The van der Waals surface area contributed by atoms with Crippen molar-refractivity contribution in [3.05, 3.63) is 59.1 Å². The third-order valence-electron chi connectivity index (χ3n) is 4.24. The molecule has 24 heavy (non-hydrogen) atoms. The van der Waals surface area contributed by atoms with Crippen molar-refractivity contribution in [3.63, 3.8) is 0 Å². The monoisotopic (exact) mass is 344 g/mol. The van der Waals surface area contributed by atoms with Crippen LogP contribution in [0.25, 0.3) is 0 Å². The van der Waals surface area contributed by atoms with E-state index in [-0.39, 0.29) is 12.0 Å². The van der Waals surface area contributed by atoms with Crippen molar-refractivity contribution in [2.45, 2.75) is 37.8 Å². The van der Waals surface area contributed by atoms with Gasteiger partial charge in [0.2, 0.25) is 5.91 Å². The van der Waals surface area contributed by atoms with E-state index in [4.69, 9.17) is 22.1 Å². The topological polar surface area (TPSA) is 64.4 Å². The van der Waals surface area contributed by atoms with Gasteiger partial charge in [-0.05, 0) is 49.4 Å². The first kappa shape index (κ1) is 16.8. The summed E-state index contributed by atoms with van der Waals surface area (Å²) in [6, 6.07) is 13.8. The van der Waals surface area contributed by atoms with Crippen molar-refractivity contribution in [2.24, 2.45) is 5.73 Å². The summed E-state index contributed by atoms with van der Waals surface area (Å²) in [4.78, 5) is 12.3. The summed E-state index contributed by atoms with van der Waals surface area (Å²) < 4.78 is 5.91. The molecule has 0 heterocycles. The van der Waals surface area contributed by atoms with Crippen LogP contribution in [0.4, 0.5) is 5.69 Å². The predicted octanol–water partition coefficient (Wildman–Crippen LogP) is 4.30. The van der Waals surface area contributed by atoms with E-state index in [1.54, 1.807) is 18.2 Å². The molecule has 5 heteroatoms. The van der Waals surface area contributed by atoms with Gasteiger partial charge in [0.15, 0.2) is 0 Å². The van der Waals surface area contributed by atoms with Crippen molar-refractivity contribution in [2.75, 3.05) is 5.32 Å². The zero-order valence-corrected chi connectivity index (χ0v) is 14.1. The van der Waals surface area contributed by atoms with E-state index in [2.05, 4.69) is 5.32 Å². The van der Waals surface area contributed by atoms with Crippen LogP contribution in [0.5, 0.6) is 5.75 Å². The number of rotatable bonds is 5. The summed E-state index contributed by atoms with van der Waals surface area (Å²) in [5.74, 6) is 0.385. The van der Waals surface area contributed by atoms with Crippen LogP contribution in [0.2, 0.25) is 5.02 Å². The molecule has 3 N–H and O–H groups in total. The smallest absolute Gasteiger partial charge is 0.245 e. The first-order chi connectivity index (χ1) is 11.6. The third kappa shape index (κ3) is 4.08. The van der Waals surface area contributed by atoms with Crippen molar-refractivity contribution in [1.82, 2.24) is 0 Å². The second-order valence-corrected chi connectivity index (χ2v) is 6.45. The van der Waals surface area contributed by atoms with Gasteiger partial charge in [-0.15, -0.1) is 0 Å². The molecule has 0 saturated heterocycles.